The van der Waals surface area contributed by atoms with Gasteiger partial charge in [-0.3, -0.25) is 4.79 Å². The molecule has 0 fully saturated rings. The molecule has 0 unspecified atom stereocenters. The van der Waals surface area contributed by atoms with Crippen molar-refractivity contribution in [2.45, 2.75) is 13.3 Å². The average Bonchev–Trinajstić information content (AvgIpc) is 2.41. The molecule has 2 aromatic rings. The van der Waals surface area contributed by atoms with Crippen LogP contribution in [0.15, 0.2) is 24.4 Å². The van der Waals surface area contributed by atoms with Gasteiger partial charge in [-0.25, -0.2) is 4.98 Å². The lowest BCUT2D eigenvalue weighted by molar-refractivity contribution is -0.140. The molecule has 0 bridgehead atoms. The molecule has 1 aromatic carbocycles. The fourth-order valence-electron chi connectivity index (χ4n) is 2.03. The maximum Gasteiger partial charge on any atom is 0.307 e. The Morgan fingerprint density at radius 1 is 1.47 bits per heavy atom. The number of benzene rings is 1. The first-order valence-electron chi connectivity index (χ1n) is 6.08. The summed E-state index contributed by atoms with van der Waals surface area (Å²) in [5.74, 6) is 0.486. The van der Waals surface area contributed by atoms with Gasteiger partial charge in [0.1, 0.15) is 5.82 Å². The maximum absolute atomic E-state index is 11.1. The number of aryl methyl sites for hydroxylation is 1. The number of nitrogen functional groups attached to an aromatic ring is 1. The number of nitrogens with zero attached hydrogens (tertiary/aromatic N) is 1. The van der Waals surface area contributed by atoms with Gasteiger partial charge < -0.3 is 15.8 Å². The van der Waals surface area contributed by atoms with Crippen LogP contribution in [0.4, 0.5) is 11.5 Å². The van der Waals surface area contributed by atoms with Gasteiger partial charge in [0.05, 0.1) is 13.5 Å². The van der Waals surface area contributed by atoms with Crippen molar-refractivity contribution in [3.8, 4) is 0 Å². The molecule has 0 aliphatic rings. The Morgan fingerprint density at radius 3 is 3.00 bits per heavy atom. The van der Waals surface area contributed by atoms with Crippen molar-refractivity contribution in [1.82, 2.24) is 4.98 Å². The lowest BCUT2D eigenvalue weighted by Crippen LogP contribution is -2.11. The third-order valence-corrected chi connectivity index (χ3v) is 2.98. The van der Waals surface area contributed by atoms with Crippen molar-refractivity contribution in [3.05, 3.63) is 30.0 Å². The molecule has 0 saturated heterocycles. The fraction of sp³-hybridized carbons (Fsp3) is 0.286. The van der Waals surface area contributed by atoms with Gasteiger partial charge in [0, 0.05) is 29.2 Å². The highest BCUT2D eigenvalue weighted by Gasteiger charge is 2.08. The number of carbonyl (C=O) groups is 1. The second-order valence-corrected chi connectivity index (χ2v) is 4.31. The lowest BCUT2D eigenvalue weighted by Gasteiger charge is -2.11. The zero-order chi connectivity index (χ0) is 13.8. The monoisotopic (exact) mass is 259 g/mol. The average molecular weight is 259 g/mol. The van der Waals surface area contributed by atoms with Crippen molar-refractivity contribution in [2.24, 2.45) is 0 Å². The van der Waals surface area contributed by atoms with Crippen LogP contribution in [0.5, 0.6) is 0 Å². The summed E-state index contributed by atoms with van der Waals surface area (Å²) in [7, 11) is 1.38. The summed E-state index contributed by atoms with van der Waals surface area (Å²) in [5, 5.41) is 5.10. The molecule has 0 amide bonds. The summed E-state index contributed by atoms with van der Waals surface area (Å²) in [4.78, 5) is 15.4. The smallest absolute Gasteiger partial charge is 0.307 e. The number of aromatic nitrogens is 1. The van der Waals surface area contributed by atoms with E-state index in [2.05, 4.69) is 15.0 Å². The van der Waals surface area contributed by atoms with E-state index < -0.39 is 0 Å². The zero-order valence-corrected chi connectivity index (χ0v) is 11.1. The highest BCUT2D eigenvalue weighted by molar-refractivity contribution is 6.01. The maximum atomic E-state index is 11.1. The topological polar surface area (TPSA) is 77.2 Å². The minimum atomic E-state index is -0.247. The summed E-state index contributed by atoms with van der Waals surface area (Å²) in [5.41, 5.74) is 7.76. The number of hydrogen-bond donors (Lipinski definition) is 2. The van der Waals surface area contributed by atoms with Crippen LogP contribution in [-0.4, -0.2) is 24.6 Å². The van der Waals surface area contributed by atoms with E-state index in [1.807, 2.05) is 25.1 Å². The van der Waals surface area contributed by atoms with Crippen LogP contribution >= 0.6 is 0 Å². The van der Waals surface area contributed by atoms with E-state index in [0.717, 1.165) is 27.8 Å². The van der Waals surface area contributed by atoms with Crippen molar-refractivity contribution in [3.63, 3.8) is 0 Å². The van der Waals surface area contributed by atoms with Gasteiger partial charge in [0.25, 0.3) is 0 Å². The van der Waals surface area contributed by atoms with E-state index in [1.165, 1.54) is 7.11 Å². The molecular formula is C14H17N3O2. The molecule has 19 heavy (non-hydrogen) atoms. The number of anilines is 2. The van der Waals surface area contributed by atoms with Crippen molar-refractivity contribution >= 4 is 28.2 Å². The summed E-state index contributed by atoms with van der Waals surface area (Å²) < 4.78 is 4.59. The largest absolute Gasteiger partial charge is 0.469 e. The summed E-state index contributed by atoms with van der Waals surface area (Å²) in [6.45, 7) is 2.45. The number of hydrogen-bond acceptors (Lipinski definition) is 5. The SMILES string of the molecule is COC(=O)CCNc1ncc(C)c2c(N)cccc12. The predicted octanol–water partition coefficient (Wildman–Crippen LogP) is 2.10. The van der Waals surface area contributed by atoms with Crippen LogP contribution in [0, 0.1) is 6.92 Å². The molecule has 0 radical (unpaired) electrons. The number of methoxy groups -OCH3 is 1. The van der Waals surface area contributed by atoms with Crippen LogP contribution in [0.3, 0.4) is 0 Å². The standard InChI is InChI=1S/C14H17N3O2/c1-9-8-17-14(16-7-6-12(18)19-2)10-4-3-5-11(15)13(9)10/h3-5,8H,6-7,15H2,1-2H3,(H,16,17). The van der Waals surface area contributed by atoms with Crippen molar-refractivity contribution in [1.29, 1.82) is 0 Å². The van der Waals surface area contributed by atoms with Crippen LogP contribution < -0.4 is 11.1 Å². The van der Waals surface area contributed by atoms with E-state index in [9.17, 15) is 4.79 Å². The molecule has 0 aliphatic carbocycles. The fourth-order valence-corrected chi connectivity index (χ4v) is 2.03. The van der Waals surface area contributed by atoms with Gasteiger partial charge in [0.15, 0.2) is 0 Å². The number of pyridine rings is 1. The predicted molar refractivity (Wildman–Crippen MR) is 76.0 cm³/mol. The third-order valence-electron chi connectivity index (χ3n) is 2.98. The Bertz CT molecular complexity index is 603. The second kappa shape index (κ2) is 5.56. The van der Waals surface area contributed by atoms with E-state index in [0.29, 0.717) is 13.0 Å². The van der Waals surface area contributed by atoms with Gasteiger partial charge in [-0.2, -0.15) is 0 Å². The number of fused-ring (bicyclic) bond motifs is 1. The first kappa shape index (κ1) is 13.1. The minimum absolute atomic E-state index is 0.247. The Balaban J connectivity index is 2.27. The van der Waals surface area contributed by atoms with Gasteiger partial charge in [-0.1, -0.05) is 12.1 Å². The number of rotatable bonds is 4. The molecule has 1 heterocycles. The molecular weight excluding hydrogens is 242 g/mol. The molecule has 0 aliphatic heterocycles. The second-order valence-electron chi connectivity index (χ2n) is 4.31. The molecule has 0 spiro atoms. The summed E-state index contributed by atoms with van der Waals surface area (Å²) in [6, 6.07) is 5.73. The van der Waals surface area contributed by atoms with Crippen LogP contribution in [0.1, 0.15) is 12.0 Å². The zero-order valence-electron chi connectivity index (χ0n) is 11.1. The summed E-state index contributed by atoms with van der Waals surface area (Å²) >= 11 is 0. The molecule has 5 nitrogen and oxygen atoms in total. The number of esters is 1. The Morgan fingerprint density at radius 2 is 2.26 bits per heavy atom. The first-order valence-corrected chi connectivity index (χ1v) is 6.08. The van der Waals surface area contributed by atoms with Crippen molar-refractivity contribution in [2.75, 3.05) is 24.7 Å². The molecule has 2 rings (SSSR count). The molecule has 0 atom stereocenters. The van der Waals surface area contributed by atoms with E-state index in [4.69, 9.17) is 5.73 Å². The normalized spacial score (nSPS) is 10.4. The minimum Gasteiger partial charge on any atom is -0.469 e. The molecule has 100 valence electrons. The molecule has 0 saturated carbocycles. The Labute approximate surface area is 111 Å². The first-order chi connectivity index (χ1) is 9.13. The van der Waals surface area contributed by atoms with Gasteiger partial charge in [-0.05, 0) is 18.6 Å². The van der Waals surface area contributed by atoms with E-state index in [1.54, 1.807) is 6.20 Å². The number of carbonyl (C=O) groups excluding carboxylic acids is 1. The van der Waals surface area contributed by atoms with Gasteiger partial charge >= 0.3 is 5.97 Å². The van der Waals surface area contributed by atoms with E-state index in [-0.39, 0.29) is 5.97 Å². The molecule has 1 aromatic heterocycles. The highest BCUT2D eigenvalue weighted by Crippen LogP contribution is 2.28. The Kier molecular flexibility index (Phi) is 3.85. The highest BCUT2D eigenvalue weighted by atomic mass is 16.5. The van der Waals surface area contributed by atoms with Gasteiger partial charge in [0.2, 0.25) is 0 Å². The Hall–Kier alpha value is -2.30. The van der Waals surface area contributed by atoms with Crippen LogP contribution in [0.25, 0.3) is 10.8 Å². The van der Waals surface area contributed by atoms with Crippen LogP contribution in [-0.2, 0) is 9.53 Å². The van der Waals surface area contributed by atoms with Gasteiger partial charge in [-0.15, -0.1) is 0 Å². The quantitative estimate of drug-likeness (QED) is 0.649. The molecule has 5 heteroatoms. The number of ether oxygens (including phenoxy) is 1. The summed E-state index contributed by atoms with van der Waals surface area (Å²) in [6.07, 6.45) is 2.08. The van der Waals surface area contributed by atoms with Crippen molar-refractivity contribution < 1.29 is 9.53 Å². The van der Waals surface area contributed by atoms with E-state index >= 15 is 0 Å². The van der Waals surface area contributed by atoms with Crippen LogP contribution in [0.2, 0.25) is 0 Å². The molecule has 3 N–H and O–H groups in total. The number of nitrogens with one attached hydrogen (secondary N) is 1. The third kappa shape index (κ3) is 2.76. The number of nitrogens with two attached hydrogens (primary N) is 1. The lowest BCUT2D eigenvalue weighted by atomic mass is 10.1.